The molecule has 0 amide bonds. The van der Waals surface area contributed by atoms with Gasteiger partial charge in [0.1, 0.15) is 5.75 Å². The highest BCUT2D eigenvalue weighted by molar-refractivity contribution is 6.31. The molecule has 0 radical (unpaired) electrons. The summed E-state index contributed by atoms with van der Waals surface area (Å²) >= 11 is 18.2. The zero-order valence-corrected chi connectivity index (χ0v) is 15.2. The first-order valence-corrected chi connectivity index (χ1v) is 8.74. The molecule has 124 valence electrons. The molecule has 0 fully saturated rings. The molecule has 0 aliphatic carbocycles. The molecule has 0 aliphatic rings. The number of halogens is 3. The van der Waals surface area contributed by atoms with Crippen LogP contribution in [0.15, 0.2) is 66.7 Å². The van der Waals surface area contributed by atoms with E-state index in [0.717, 1.165) is 22.2 Å². The van der Waals surface area contributed by atoms with Gasteiger partial charge < -0.3 is 9.72 Å². The summed E-state index contributed by atoms with van der Waals surface area (Å²) in [6.07, 6.45) is 0. The maximum atomic E-state index is 6.19. The fraction of sp³-hybridized carbons (Fsp3) is 0. The quantitative estimate of drug-likeness (QED) is 0.384. The van der Waals surface area contributed by atoms with Gasteiger partial charge in [0.15, 0.2) is 5.75 Å². The Kier molecular flexibility index (Phi) is 4.34. The van der Waals surface area contributed by atoms with E-state index >= 15 is 0 Å². The van der Waals surface area contributed by atoms with Crippen molar-refractivity contribution in [1.82, 2.24) is 4.98 Å². The molecule has 4 aromatic rings. The van der Waals surface area contributed by atoms with E-state index in [0.29, 0.717) is 26.6 Å². The molecule has 4 rings (SSSR count). The fourth-order valence-electron chi connectivity index (χ4n) is 2.69. The van der Waals surface area contributed by atoms with Crippen molar-refractivity contribution >= 4 is 45.7 Å². The molecule has 0 spiro atoms. The highest BCUT2D eigenvalue weighted by atomic mass is 35.5. The summed E-state index contributed by atoms with van der Waals surface area (Å²) in [6.45, 7) is 0. The maximum Gasteiger partial charge on any atom is 0.160 e. The van der Waals surface area contributed by atoms with Crippen molar-refractivity contribution < 1.29 is 4.74 Å². The van der Waals surface area contributed by atoms with E-state index < -0.39 is 0 Å². The van der Waals surface area contributed by atoms with Crippen LogP contribution in [0.5, 0.6) is 11.5 Å². The SMILES string of the molecule is Clc1ccc(Oc2c(-c3ccc(Cl)cc3)[nH]c3ccc(Cl)cc23)cc1. The van der Waals surface area contributed by atoms with Crippen LogP contribution in [0, 0.1) is 0 Å². The van der Waals surface area contributed by atoms with Crippen LogP contribution in [0.3, 0.4) is 0 Å². The summed E-state index contributed by atoms with van der Waals surface area (Å²) in [5.41, 5.74) is 2.78. The number of benzene rings is 3. The lowest BCUT2D eigenvalue weighted by molar-refractivity contribution is 0.490. The molecule has 1 N–H and O–H groups in total. The molecule has 3 aromatic carbocycles. The lowest BCUT2D eigenvalue weighted by Gasteiger charge is -2.08. The van der Waals surface area contributed by atoms with Crippen LogP contribution in [0.2, 0.25) is 15.1 Å². The van der Waals surface area contributed by atoms with Crippen LogP contribution in [0.25, 0.3) is 22.2 Å². The lowest BCUT2D eigenvalue weighted by Crippen LogP contribution is -1.86. The van der Waals surface area contributed by atoms with Crippen molar-refractivity contribution in [2.45, 2.75) is 0 Å². The second-order valence-electron chi connectivity index (χ2n) is 5.58. The number of nitrogens with one attached hydrogen (secondary N) is 1. The van der Waals surface area contributed by atoms with Gasteiger partial charge in [-0.05, 0) is 54.6 Å². The molecule has 1 aromatic heterocycles. The van der Waals surface area contributed by atoms with Crippen molar-refractivity contribution in [3.05, 3.63) is 81.8 Å². The number of hydrogen-bond donors (Lipinski definition) is 1. The van der Waals surface area contributed by atoms with E-state index in [9.17, 15) is 0 Å². The summed E-state index contributed by atoms with van der Waals surface area (Å²) in [5, 5.41) is 2.90. The van der Waals surface area contributed by atoms with Crippen LogP contribution in [0.1, 0.15) is 0 Å². The minimum absolute atomic E-state index is 0.648. The molecule has 0 aliphatic heterocycles. The summed E-state index contributed by atoms with van der Waals surface area (Å²) in [4.78, 5) is 3.41. The monoisotopic (exact) mass is 387 g/mol. The van der Waals surface area contributed by atoms with Crippen LogP contribution in [-0.2, 0) is 0 Å². The Morgan fingerprint density at radius 2 is 1.28 bits per heavy atom. The standard InChI is InChI=1S/C20H12Cl3NO/c21-13-3-1-12(2-4-13)19-20(25-16-8-5-14(22)6-9-16)17-11-15(23)7-10-18(17)24-19/h1-11,24H. The van der Waals surface area contributed by atoms with E-state index in [1.165, 1.54) is 0 Å². The highest BCUT2D eigenvalue weighted by Crippen LogP contribution is 2.41. The predicted octanol–water partition coefficient (Wildman–Crippen LogP) is 7.59. The molecular weight excluding hydrogens is 377 g/mol. The smallest absolute Gasteiger partial charge is 0.160 e. The fourth-order valence-corrected chi connectivity index (χ4v) is 3.11. The Morgan fingerprint density at radius 3 is 1.96 bits per heavy atom. The average molecular weight is 389 g/mol. The van der Waals surface area contributed by atoms with E-state index in [1.807, 2.05) is 54.6 Å². The van der Waals surface area contributed by atoms with Crippen LogP contribution in [0.4, 0.5) is 0 Å². The zero-order valence-electron chi connectivity index (χ0n) is 12.9. The van der Waals surface area contributed by atoms with Gasteiger partial charge in [-0.2, -0.15) is 0 Å². The number of rotatable bonds is 3. The van der Waals surface area contributed by atoms with E-state index in [-0.39, 0.29) is 0 Å². The third-order valence-corrected chi connectivity index (χ3v) is 4.62. The second kappa shape index (κ2) is 6.64. The molecule has 5 heteroatoms. The Hall–Kier alpha value is -2.13. The van der Waals surface area contributed by atoms with Gasteiger partial charge in [0.05, 0.1) is 5.69 Å². The summed E-state index contributed by atoms with van der Waals surface area (Å²) in [5.74, 6) is 1.41. The van der Waals surface area contributed by atoms with Gasteiger partial charge in [0, 0.05) is 31.5 Å². The maximum absolute atomic E-state index is 6.19. The van der Waals surface area contributed by atoms with E-state index in [1.54, 1.807) is 12.1 Å². The molecule has 0 saturated carbocycles. The predicted molar refractivity (Wildman–Crippen MR) is 105 cm³/mol. The number of hydrogen-bond acceptors (Lipinski definition) is 1. The summed E-state index contributed by atoms with van der Waals surface area (Å²) in [7, 11) is 0. The topological polar surface area (TPSA) is 25.0 Å². The van der Waals surface area contributed by atoms with E-state index in [2.05, 4.69) is 4.98 Å². The molecule has 2 nitrogen and oxygen atoms in total. The lowest BCUT2D eigenvalue weighted by atomic mass is 10.1. The summed E-state index contributed by atoms with van der Waals surface area (Å²) in [6, 6.07) is 20.5. The van der Waals surface area contributed by atoms with Crippen LogP contribution < -0.4 is 4.74 Å². The van der Waals surface area contributed by atoms with Crippen molar-refractivity contribution in [3.63, 3.8) is 0 Å². The number of aromatic nitrogens is 1. The minimum atomic E-state index is 0.648. The van der Waals surface area contributed by atoms with Gasteiger partial charge in [0.2, 0.25) is 0 Å². The molecule has 0 bridgehead atoms. The number of aromatic amines is 1. The van der Waals surface area contributed by atoms with Crippen molar-refractivity contribution in [1.29, 1.82) is 0 Å². The highest BCUT2D eigenvalue weighted by Gasteiger charge is 2.16. The van der Waals surface area contributed by atoms with Gasteiger partial charge in [-0.1, -0.05) is 46.9 Å². The first-order valence-electron chi connectivity index (χ1n) is 7.61. The Labute approximate surface area is 159 Å². The molecule has 1 heterocycles. The second-order valence-corrected chi connectivity index (χ2v) is 6.89. The normalized spacial score (nSPS) is 11.0. The first-order chi connectivity index (χ1) is 12.1. The Bertz CT molecular complexity index is 1040. The van der Waals surface area contributed by atoms with Crippen LogP contribution in [-0.4, -0.2) is 4.98 Å². The van der Waals surface area contributed by atoms with Gasteiger partial charge in [-0.15, -0.1) is 0 Å². The third-order valence-electron chi connectivity index (χ3n) is 3.88. The van der Waals surface area contributed by atoms with Crippen molar-refractivity contribution in [2.75, 3.05) is 0 Å². The first kappa shape index (κ1) is 16.3. The average Bonchev–Trinajstić information content (AvgIpc) is 2.95. The third kappa shape index (κ3) is 3.34. The largest absolute Gasteiger partial charge is 0.454 e. The van der Waals surface area contributed by atoms with Gasteiger partial charge in [-0.25, -0.2) is 0 Å². The Morgan fingerprint density at radius 1 is 0.680 bits per heavy atom. The molecule has 25 heavy (non-hydrogen) atoms. The summed E-state index contributed by atoms with van der Waals surface area (Å²) < 4.78 is 6.18. The van der Waals surface area contributed by atoms with Gasteiger partial charge >= 0.3 is 0 Å². The number of ether oxygens (including phenoxy) is 1. The van der Waals surface area contributed by atoms with Crippen LogP contribution >= 0.6 is 34.8 Å². The minimum Gasteiger partial charge on any atom is -0.454 e. The van der Waals surface area contributed by atoms with E-state index in [4.69, 9.17) is 39.5 Å². The number of H-pyrrole nitrogens is 1. The zero-order chi connectivity index (χ0) is 17.4. The molecule has 0 unspecified atom stereocenters. The van der Waals surface area contributed by atoms with Crippen molar-refractivity contribution in [2.24, 2.45) is 0 Å². The number of fused-ring (bicyclic) bond motifs is 1. The van der Waals surface area contributed by atoms with Gasteiger partial charge in [0.25, 0.3) is 0 Å². The Balaban J connectivity index is 1.89. The molecular formula is C20H12Cl3NO. The molecule has 0 atom stereocenters. The van der Waals surface area contributed by atoms with Crippen molar-refractivity contribution in [3.8, 4) is 22.8 Å². The molecule has 0 saturated heterocycles. The van der Waals surface area contributed by atoms with Gasteiger partial charge in [-0.3, -0.25) is 0 Å².